The van der Waals surface area contributed by atoms with Crippen molar-refractivity contribution in [2.24, 2.45) is 0 Å². The molecule has 1 saturated heterocycles. The van der Waals surface area contributed by atoms with Crippen molar-refractivity contribution in [1.29, 1.82) is 0 Å². The smallest absolute Gasteiger partial charge is 0.338 e. The van der Waals surface area contributed by atoms with Crippen LogP contribution in [0.2, 0.25) is 0 Å². The van der Waals surface area contributed by atoms with Gasteiger partial charge in [0, 0.05) is 12.3 Å². The second-order valence-corrected chi connectivity index (χ2v) is 5.72. The fourth-order valence-corrected chi connectivity index (χ4v) is 2.27. The van der Waals surface area contributed by atoms with Gasteiger partial charge in [0.15, 0.2) is 12.7 Å². The summed E-state index contributed by atoms with van der Waals surface area (Å²) < 4.78 is 15.2. The van der Waals surface area contributed by atoms with Crippen LogP contribution in [0.4, 0.5) is 5.69 Å². The molecule has 1 aromatic carbocycles. The molecule has 1 amide bonds. The first-order valence-electron chi connectivity index (χ1n) is 8.45. The van der Waals surface area contributed by atoms with Gasteiger partial charge in [-0.3, -0.25) is 4.79 Å². The van der Waals surface area contributed by atoms with Gasteiger partial charge in [0.1, 0.15) is 0 Å². The van der Waals surface area contributed by atoms with Gasteiger partial charge in [0.2, 0.25) is 0 Å². The molecule has 1 aromatic rings. The van der Waals surface area contributed by atoms with Crippen LogP contribution in [0.5, 0.6) is 0 Å². The van der Waals surface area contributed by atoms with Crippen LogP contribution in [-0.4, -0.2) is 43.8 Å². The van der Waals surface area contributed by atoms with Crippen molar-refractivity contribution in [2.75, 3.05) is 25.1 Å². The number of rotatable bonds is 8. The van der Waals surface area contributed by atoms with Gasteiger partial charge in [-0.15, -0.1) is 0 Å². The molecule has 1 atom stereocenters. The molecule has 0 saturated carbocycles. The van der Waals surface area contributed by atoms with Crippen molar-refractivity contribution >= 4 is 23.5 Å². The first kappa shape index (κ1) is 18.9. The Balaban J connectivity index is 1.75. The zero-order chi connectivity index (χ0) is 18.1. The van der Waals surface area contributed by atoms with Gasteiger partial charge in [-0.1, -0.05) is 13.3 Å². The van der Waals surface area contributed by atoms with Gasteiger partial charge in [-0.2, -0.15) is 0 Å². The van der Waals surface area contributed by atoms with E-state index in [-0.39, 0.29) is 6.61 Å². The second kappa shape index (κ2) is 9.78. The molecular formula is C18H23NO6. The van der Waals surface area contributed by atoms with Crippen molar-refractivity contribution in [3.63, 3.8) is 0 Å². The van der Waals surface area contributed by atoms with Crippen LogP contribution in [0.3, 0.4) is 0 Å². The summed E-state index contributed by atoms with van der Waals surface area (Å²) in [6.07, 6.45) is 2.65. The van der Waals surface area contributed by atoms with E-state index in [4.69, 9.17) is 14.2 Å². The summed E-state index contributed by atoms with van der Waals surface area (Å²) in [4.78, 5) is 35.2. The van der Waals surface area contributed by atoms with Gasteiger partial charge >= 0.3 is 11.9 Å². The van der Waals surface area contributed by atoms with Crippen molar-refractivity contribution in [2.45, 2.75) is 38.7 Å². The first-order chi connectivity index (χ1) is 12.1. The van der Waals surface area contributed by atoms with E-state index in [1.54, 1.807) is 24.3 Å². The minimum atomic E-state index is -0.564. The van der Waals surface area contributed by atoms with E-state index in [9.17, 15) is 14.4 Å². The molecule has 7 heteroatoms. The van der Waals surface area contributed by atoms with E-state index >= 15 is 0 Å². The third-order valence-electron chi connectivity index (χ3n) is 3.67. The number of anilines is 1. The molecule has 0 aromatic heterocycles. The third-order valence-corrected chi connectivity index (χ3v) is 3.67. The van der Waals surface area contributed by atoms with Gasteiger partial charge in [-0.25, -0.2) is 9.59 Å². The standard InChI is InChI=1S/C18H23NO6/c1-2-3-10-24-17(21)13-6-8-14(9-7-13)19-16(20)12-25-18(22)15-5-4-11-23-15/h6-9,15H,2-5,10-12H2,1H3,(H,19,20)/t15-/m1/s1. The lowest BCUT2D eigenvalue weighted by Gasteiger charge is -2.10. The van der Waals surface area contributed by atoms with Gasteiger partial charge in [0.25, 0.3) is 5.91 Å². The van der Waals surface area contributed by atoms with Crippen molar-refractivity contribution < 1.29 is 28.6 Å². The predicted octanol–water partition coefficient (Wildman–Crippen LogP) is 2.30. The molecule has 1 fully saturated rings. The molecule has 1 aliphatic rings. The fourth-order valence-electron chi connectivity index (χ4n) is 2.27. The number of esters is 2. The quantitative estimate of drug-likeness (QED) is 0.572. The molecule has 0 radical (unpaired) electrons. The maximum atomic E-state index is 11.8. The van der Waals surface area contributed by atoms with Crippen LogP contribution in [0.1, 0.15) is 43.0 Å². The summed E-state index contributed by atoms with van der Waals surface area (Å²) >= 11 is 0. The number of hydrogen-bond donors (Lipinski definition) is 1. The molecule has 0 unspecified atom stereocenters. The second-order valence-electron chi connectivity index (χ2n) is 5.72. The molecular weight excluding hydrogens is 326 g/mol. The molecule has 1 heterocycles. The summed E-state index contributed by atoms with van der Waals surface area (Å²) in [6, 6.07) is 6.33. The van der Waals surface area contributed by atoms with Crippen LogP contribution < -0.4 is 5.32 Å². The molecule has 0 spiro atoms. The van der Waals surface area contributed by atoms with Crippen LogP contribution >= 0.6 is 0 Å². The van der Waals surface area contributed by atoms with E-state index in [1.807, 2.05) is 6.92 Å². The highest BCUT2D eigenvalue weighted by atomic mass is 16.6. The van der Waals surface area contributed by atoms with E-state index < -0.39 is 23.9 Å². The van der Waals surface area contributed by atoms with Gasteiger partial charge < -0.3 is 19.5 Å². The molecule has 7 nitrogen and oxygen atoms in total. The largest absolute Gasteiger partial charge is 0.462 e. The Hall–Kier alpha value is -2.41. The molecule has 1 N–H and O–H groups in total. The Labute approximate surface area is 146 Å². The maximum Gasteiger partial charge on any atom is 0.338 e. The summed E-state index contributed by atoms with van der Waals surface area (Å²) in [5, 5.41) is 2.60. The third kappa shape index (κ3) is 6.19. The Morgan fingerprint density at radius 1 is 1.20 bits per heavy atom. The minimum Gasteiger partial charge on any atom is -0.462 e. The number of unbranched alkanes of at least 4 members (excludes halogenated alkanes) is 1. The maximum absolute atomic E-state index is 11.8. The number of carbonyl (C=O) groups is 3. The van der Waals surface area contributed by atoms with Crippen LogP contribution in [0, 0.1) is 0 Å². The Morgan fingerprint density at radius 2 is 1.96 bits per heavy atom. The summed E-state index contributed by atoms with van der Waals surface area (Å²) in [6.45, 7) is 2.58. The minimum absolute atomic E-state index is 0.375. The normalized spacial score (nSPS) is 16.3. The topological polar surface area (TPSA) is 90.9 Å². The fraction of sp³-hybridized carbons (Fsp3) is 0.500. The zero-order valence-electron chi connectivity index (χ0n) is 14.3. The number of carbonyl (C=O) groups excluding carboxylic acids is 3. The average molecular weight is 349 g/mol. The lowest BCUT2D eigenvalue weighted by Crippen LogP contribution is -2.27. The predicted molar refractivity (Wildman–Crippen MR) is 90.2 cm³/mol. The van der Waals surface area contributed by atoms with Gasteiger partial charge in [-0.05, 0) is 43.5 Å². The number of benzene rings is 1. The highest BCUT2D eigenvalue weighted by Crippen LogP contribution is 2.14. The first-order valence-corrected chi connectivity index (χ1v) is 8.45. The van der Waals surface area contributed by atoms with Crippen molar-refractivity contribution in [3.05, 3.63) is 29.8 Å². The van der Waals surface area contributed by atoms with Crippen LogP contribution in [-0.2, 0) is 23.8 Å². The van der Waals surface area contributed by atoms with Crippen LogP contribution in [0.25, 0.3) is 0 Å². The van der Waals surface area contributed by atoms with Gasteiger partial charge in [0.05, 0.1) is 12.2 Å². The number of hydrogen-bond acceptors (Lipinski definition) is 6. The van der Waals surface area contributed by atoms with Crippen molar-refractivity contribution in [1.82, 2.24) is 0 Å². The summed E-state index contributed by atoms with van der Waals surface area (Å²) in [5.74, 6) is -1.36. The lowest BCUT2D eigenvalue weighted by molar-refractivity contribution is -0.156. The van der Waals surface area contributed by atoms with E-state index in [2.05, 4.69) is 5.32 Å². The Kier molecular flexibility index (Phi) is 7.40. The SMILES string of the molecule is CCCCOC(=O)c1ccc(NC(=O)COC(=O)[C@H]2CCCO2)cc1. The van der Waals surface area contributed by atoms with E-state index in [1.165, 1.54) is 0 Å². The molecule has 1 aliphatic heterocycles. The molecule has 25 heavy (non-hydrogen) atoms. The summed E-state index contributed by atoms with van der Waals surface area (Å²) in [5.41, 5.74) is 0.919. The molecule has 2 rings (SSSR count). The molecule has 136 valence electrons. The van der Waals surface area contributed by atoms with Crippen molar-refractivity contribution in [3.8, 4) is 0 Å². The Bertz CT molecular complexity index is 592. The zero-order valence-corrected chi connectivity index (χ0v) is 14.3. The highest BCUT2D eigenvalue weighted by Gasteiger charge is 2.25. The average Bonchev–Trinajstić information content (AvgIpc) is 3.15. The molecule has 0 aliphatic carbocycles. The summed E-state index contributed by atoms with van der Waals surface area (Å²) in [7, 11) is 0. The van der Waals surface area contributed by atoms with E-state index in [0.29, 0.717) is 30.9 Å². The number of ether oxygens (including phenoxy) is 3. The van der Waals surface area contributed by atoms with E-state index in [0.717, 1.165) is 19.3 Å². The molecule has 0 bridgehead atoms. The van der Waals surface area contributed by atoms with Crippen LogP contribution in [0.15, 0.2) is 24.3 Å². The Morgan fingerprint density at radius 3 is 2.60 bits per heavy atom. The lowest BCUT2D eigenvalue weighted by atomic mass is 10.2. The number of nitrogens with one attached hydrogen (secondary N) is 1. The monoisotopic (exact) mass is 349 g/mol. The number of amides is 1. The highest BCUT2D eigenvalue weighted by molar-refractivity contribution is 5.94.